The van der Waals surface area contributed by atoms with Gasteiger partial charge in [-0.15, -0.1) is 0 Å². The number of rotatable bonds is 15. The van der Waals surface area contributed by atoms with Crippen molar-refractivity contribution in [2.75, 3.05) is 25.1 Å². The number of imide groups is 1. The summed E-state index contributed by atoms with van der Waals surface area (Å²) < 4.78 is 0. The smallest absolute Gasteiger partial charge is 0.338 e. The Morgan fingerprint density at radius 2 is 1.43 bits per heavy atom. The zero-order valence-corrected chi connectivity index (χ0v) is 22.9. The average molecular weight is 574 g/mol. The molecule has 0 fully saturated rings. The molecule has 2 aromatic carbocycles. The molecular formula is C27H35N5O7S. The summed E-state index contributed by atoms with van der Waals surface area (Å²) in [4.78, 5) is 67.5. The number of phenols is 1. The molecule has 4 unspecified atom stereocenters. The topological polar surface area (TPSA) is 233 Å². The fourth-order valence-corrected chi connectivity index (χ4v) is 5.26. The first-order valence-electron chi connectivity index (χ1n) is 12.3. The van der Waals surface area contributed by atoms with E-state index in [1.54, 1.807) is 36.6 Å². The Kier molecular flexibility index (Phi) is 12.0. The predicted octanol–water partition coefficient (Wildman–Crippen LogP) is -0.955. The number of aromatic hydroxyl groups is 1. The molecule has 13 heteroatoms. The first-order chi connectivity index (χ1) is 18.9. The van der Waals surface area contributed by atoms with Crippen molar-refractivity contribution in [2.45, 2.75) is 30.5 Å². The summed E-state index contributed by atoms with van der Waals surface area (Å²) in [7, 11) is 0. The molecule has 0 heterocycles. The number of carboxylic acids is 1. The molecule has 0 aliphatic carbocycles. The number of carboxylic acid groups (broad SMARTS) is 1. The Morgan fingerprint density at radius 3 is 1.93 bits per heavy atom. The van der Waals surface area contributed by atoms with Crippen LogP contribution in [0.1, 0.15) is 11.1 Å². The molecule has 0 aliphatic heterocycles. The van der Waals surface area contributed by atoms with Gasteiger partial charge in [0.25, 0.3) is 0 Å². The predicted molar refractivity (Wildman–Crippen MR) is 150 cm³/mol. The first kappa shape index (κ1) is 32.6. The molecule has 4 atom stereocenters. The summed E-state index contributed by atoms with van der Waals surface area (Å²) >= 11 is 1.02. The first-order valence-corrected chi connectivity index (χ1v) is 13.7. The van der Waals surface area contributed by atoms with Gasteiger partial charge in [-0.2, -0.15) is 11.8 Å². The highest BCUT2D eigenvalue weighted by atomic mass is 32.2. The Hall–Kier alpha value is -3.62. The molecule has 10 N–H and O–H groups in total. The van der Waals surface area contributed by atoms with Gasteiger partial charge in [-0.3, -0.25) is 24.1 Å². The van der Waals surface area contributed by atoms with Crippen LogP contribution >= 0.6 is 11.8 Å². The van der Waals surface area contributed by atoms with Gasteiger partial charge in [-0.1, -0.05) is 42.5 Å². The number of nitrogens with zero attached hydrogens (tertiary/aromatic N) is 1. The number of amides is 2. The summed E-state index contributed by atoms with van der Waals surface area (Å²) in [5.41, 5.74) is 21.7. The van der Waals surface area contributed by atoms with E-state index in [1.807, 2.05) is 0 Å². The Bertz CT molecular complexity index is 1210. The lowest BCUT2D eigenvalue weighted by molar-refractivity contribution is -0.175. The molecule has 0 spiro atoms. The second kappa shape index (κ2) is 14.7. The molecule has 40 heavy (non-hydrogen) atoms. The number of carbonyl (C=O) groups excluding carboxylic acids is 4. The lowest BCUT2D eigenvalue weighted by Crippen LogP contribution is -2.73. The number of hydrogen-bond acceptors (Lipinski definition) is 11. The molecule has 216 valence electrons. The van der Waals surface area contributed by atoms with E-state index < -0.39 is 66.0 Å². The van der Waals surface area contributed by atoms with Crippen LogP contribution < -0.4 is 22.9 Å². The van der Waals surface area contributed by atoms with Gasteiger partial charge in [0.1, 0.15) is 5.75 Å². The third-order valence-corrected chi connectivity index (χ3v) is 7.15. The van der Waals surface area contributed by atoms with Crippen molar-refractivity contribution in [3.05, 3.63) is 65.7 Å². The van der Waals surface area contributed by atoms with Crippen molar-refractivity contribution in [1.29, 1.82) is 0 Å². The highest BCUT2D eigenvalue weighted by molar-refractivity contribution is 7.98. The lowest BCUT2D eigenvalue weighted by Gasteiger charge is -2.43. The summed E-state index contributed by atoms with van der Waals surface area (Å²) in [5, 5.41) is 20.1. The summed E-state index contributed by atoms with van der Waals surface area (Å²) in [6.45, 7) is -1.76. The summed E-state index contributed by atoms with van der Waals surface area (Å²) in [6, 6.07) is 11.5. The standard InChI is InChI=1S/C27H35N5O7S/c1-40-15-19(24(36)20(30)11-17-7-9-18(33)10-8-17)27(26(38)39,22(34)13-28)32(23(35)14-29)25(37)21(31)12-16-5-3-2-4-6-16/h2-10,19-21,33H,11-15,28-31H2,1H3,(H,38,39). The van der Waals surface area contributed by atoms with Crippen LogP contribution in [-0.4, -0.2) is 87.2 Å². The minimum absolute atomic E-state index is 0.0105. The van der Waals surface area contributed by atoms with E-state index in [4.69, 9.17) is 22.9 Å². The maximum absolute atomic E-state index is 13.8. The molecule has 0 saturated carbocycles. The monoisotopic (exact) mass is 573 g/mol. The van der Waals surface area contributed by atoms with Crippen LogP contribution in [0.25, 0.3) is 0 Å². The number of Topliss-reactive ketones (excluding diaryl/α,β-unsaturated/α-hetero) is 2. The van der Waals surface area contributed by atoms with Crippen LogP contribution in [0.4, 0.5) is 0 Å². The normalized spacial score (nSPS) is 14.8. The van der Waals surface area contributed by atoms with Crippen molar-refractivity contribution in [1.82, 2.24) is 4.90 Å². The highest BCUT2D eigenvalue weighted by Crippen LogP contribution is 2.33. The van der Waals surface area contributed by atoms with Gasteiger partial charge in [0.05, 0.1) is 31.1 Å². The van der Waals surface area contributed by atoms with Gasteiger partial charge >= 0.3 is 5.97 Å². The Morgan fingerprint density at radius 1 is 0.875 bits per heavy atom. The molecule has 2 amide bonds. The van der Waals surface area contributed by atoms with Gasteiger partial charge in [-0.25, -0.2) is 4.79 Å². The molecule has 0 saturated heterocycles. The van der Waals surface area contributed by atoms with Crippen LogP contribution in [-0.2, 0) is 36.8 Å². The van der Waals surface area contributed by atoms with Crippen molar-refractivity contribution in [2.24, 2.45) is 28.9 Å². The van der Waals surface area contributed by atoms with Crippen LogP contribution in [0.5, 0.6) is 5.75 Å². The quantitative estimate of drug-likeness (QED) is 0.141. The Balaban J connectivity index is 2.67. The molecule has 12 nitrogen and oxygen atoms in total. The van der Waals surface area contributed by atoms with E-state index in [1.165, 1.54) is 24.3 Å². The van der Waals surface area contributed by atoms with E-state index in [0.29, 0.717) is 11.1 Å². The number of benzene rings is 2. The fourth-order valence-electron chi connectivity index (χ4n) is 4.52. The average Bonchev–Trinajstić information content (AvgIpc) is 2.94. The fraction of sp³-hybridized carbons (Fsp3) is 0.370. The molecule has 0 aromatic heterocycles. The van der Waals surface area contributed by atoms with Crippen molar-refractivity contribution < 1.29 is 34.2 Å². The molecular weight excluding hydrogens is 538 g/mol. The lowest BCUT2D eigenvalue weighted by atomic mass is 9.74. The van der Waals surface area contributed by atoms with Gasteiger partial charge in [-0.05, 0) is 42.4 Å². The minimum atomic E-state index is -3.05. The van der Waals surface area contributed by atoms with E-state index >= 15 is 0 Å². The number of nitrogens with two attached hydrogens (primary N) is 4. The van der Waals surface area contributed by atoms with Crippen molar-refractivity contribution >= 4 is 41.1 Å². The number of carbonyl (C=O) groups is 5. The third kappa shape index (κ3) is 7.11. The molecule has 0 radical (unpaired) electrons. The van der Waals surface area contributed by atoms with Crippen LogP contribution in [0.3, 0.4) is 0 Å². The minimum Gasteiger partial charge on any atom is -0.508 e. The number of thioether (sulfide) groups is 1. The van der Waals surface area contributed by atoms with Crippen molar-refractivity contribution in [3.63, 3.8) is 0 Å². The molecule has 2 aromatic rings. The highest BCUT2D eigenvalue weighted by Gasteiger charge is 2.62. The number of ketones is 2. The zero-order chi connectivity index (χ0) is 30.0. The van der Waals surface area contributed by atoms with Gasteiger partial charge < -0.3 is 33.1 Å². The van der Waals surface area contributed by atoms with E-state index in [-0.39, 0.29) is 29.2 Å². The van der Waals surface area contributed by atoms with Crippen LogP contribution in [0, 0.1) is 5.92 Å². The number of phenolic OH excluding ortho intramolecular Hbond substituents is 1. The largest absolute Gasteiger partial charge is 0.508 e. The Labute approximate surface area is 236 Å². The SMILES string of the molecule is CSCC(C(=O)C(N)Cc1ccc(O)cc1)C(C(=O)O)(C(=O)CN)N(C(=O)CN)C(=O)C(N)Cc1ccccc1. The third-order valence-electron chi connectivity index (χ3n) is 6.49. The maximum Gasteiger partial charge on any atom is 0.338 e. The zero-order valence-electron chi connectivity index (χ0n) is 22.1. The molecule has 0 bridgehead atoms. The van der Waals surface area contributed by atoms with Crippen LogP contribution in [0.2, 0.25) is 0 Å². The van der Waals surface area contributed by atoms with Gasteiger partial charge in [0.15, 0.2) is 11.6 Å². The maximum atomic E-state index is 13.8. The molecule has 0 aliphatic rings. The summed E-state index contributed by atoms with van der Waals surface area (Å²) in [6.07, 6.45) is 1.38. The van der Waals surface area contributed by atoms with E-state index in [2.05, 4.69) is 0 Å². The van der Waals surface area contributed by atoms with E-state index in [9.17, 15) is 34.2 Å². The second-order valence-corrected chi connectivity index (χ2v) is 10.1. The second-order valence-electron chi connectivity index (χ2n) is 9.15. The van der Waals surface area contributed by atoms with Gasteiger partial charge in [0, 0.05) is 5.75 Å². The number of hydrogen-bond donors (Lipinski definition) is 6. The van der Waals surface area contributed by atoms with Gasteiger partial charge in [0.2, 0.25) is 17.4 Å². The van der Waals surface area contributed by atoms with Crippen LogP contribution in [0.15, 0.2) is 54.6 Å². The number of aliphatic carboxylic acids is 1. The van der Waals surface area contributed by atoms with E-state index in [0.717, 1.165) is 11.8 Å². The summed E-state index contributed by atoms with van der Waals surface area (Å²) in [5.74, 6) is -8.59. The van der Waals surface area contributed by atoms with Crippen molar-refractivity contribution in [3.8, 4) is 5.75 Å². The molecule has 2 rings (SSSR count).